The first-order valence-electron chi connectivity index (χ1n) is 10.1. The van der Waals surface area contributed by atoms with Crippen LogP contribution in [0.25, 0.3) is 11.3 Å². The maximum absolute atomic E-state index is 12.7. The molecule has 4 aromatic rings. The average Bonchev–Trinajstić information content (AvgIpc) is 3.22. The first-order valence-corrected chi connectivity index (χ1v) is 11.0. The molecule has 0 spiro atoms. The number of thiazole rings is 1. The van der Waals surface area contributed by atoms with Gasteiger partial charge in [-0.15, -0.1) is 11.3 Å². The number of aromatic nitrogens is 1. The minimum absolute atomic E-state index is 0.110. The molecule has 0 saturated heterocycles. The lowest BCUT2D eigenvalue weighted by Crippen LogP contribution is -2.11. The summed E-state index contributed by atoms with van der Waals surface area (Å²) in [5.41, 5.74) is 3.78. The maximum Gasteiger partial charge on any atom is 0.257 e. The molecule has 0 radical (unpaired) electrons. The average molecular weight is 429 g/mol. The van der Waals surface area contributed by atoms with Crippen molar-refractivity contribution in [3.05, 3.63) is 95.4 Å². The van der Waals surface area contributed by atoms with E-state index in [4.69, 9.17) is 4.74 Å². The molecule has 0 bridgehead atoms. The second-order valence-electron chi connectivity index (χ2n) is 8.26. The molecule has 31 heavy (non-hydrogen) atoms. The maximum atomic E-state index is 12.7. The highest BCUT2D eigenvalue weighted by Crippen LogP contribution is 2.29. The largest absolute Gasteiger partial charge is 0.457 e. The number of carbonyl (C=O) groups is 1. The van der Waals surface area contributed by atoms with Crippen LogP contribution in [0.3, 0.4) is 0 Å². The third-order valence-electron chi connectivity index (χ3n) is 4.85. The summed E-state index contributed by atoms with van der Waals surface area (Å²) in [4.78, 5) is 17.3. The molecular weight excluding hydrogens is 404 g/mol. The Morgan fingerprint density at radius 2 is 1.61 bits per heavy atom. The van der Waals surface area contributed by atoms with Gasteiger partial charge in [0.25, 0.3) is 5.91 Å². The SMILES string of the molecule is CC(C)(C)c1ccc(-c2csc(NC(=O)c3cccc(Oc4ccccc4)c3)n2)cc1. The number of amides is 1. The Labute approximate surface area is 186 Å². The number of hydrogen-bond donors (Lipinski definition) is 1. The summed E-state index contributed by atoms with van der Waals surface area (Å²) in [6, 6.07) is 25.0. The van der Waals surface area contributed by atoms with Crippen LogP contribution in [0.15, 0.2) is 84.2 Å². The van der Waals surface area contributed by atoms with Crippen LogP contribution in [0.5, 0.6) is 11.5 Å². The predicted molar refractivity (Wildman–Crippen MR) is 127 cm³/mol. The molecule has 3 aromatic carbocycles. The molecule has 1 heterocycles. The first kappa shape index (κ1) is 20.8. The molecule has 0 saturated carbocycles. The van der Waals surface area contributed by atoms with Crippen LogP contribution in [-0.4, -0.2) is 10.9 Å². The first-order chi connectivity index (χ1) is 14.9. The van der Waals surface area contributed by atoms with Crippen molar-refractivity contribution in [1.82, 2.24) is 4.98 Å². The van der Waals surface area contributed by atoms with Gasteiger partial charge in [-0.2, -0.15) is 0 Å². The minimum Gasteiger partial charge on any atom is -0.457 e. The van der Waals surface area contributed by atoms with Crippen molar-refractivity contribution >= 4 is 22.4 Å². The summed E-state index contributed by atoms with van der Waals surface area (Å²) >= 11 is 1.41. The second-order valence-corrected chi connectivity index (χ2v) is 9.12. The molecule has 5 heteroatoms. The van der Waals surface area contributed by atoms with Crippen LogP contribution in [0.4, 0.5) is 5.13 Å². The van der Waals surface area contributed by atoms with E-state index in [1.165, 1.54) is 16.9 Å². The highest BCUT2D eigenvalue weighted by atomic mass is 32.1. The highest BCUT2D eigenvalue weighted by molar-refractivity contribution is 7.14. The lowest BCUT2D eigenvalue weighted by atomic mass is 9.86. The molecular formula is C26H24N2O2S. The molecule has 0 aliphatic carbocycles. The van der Waals surface area contributed by atoms with E-state index in [0.29, 0.717) is 16.4 Å². The molecule has 0 fully saturated rings. The monoisotopic (exact) mass is 428 g/mol. The molecule has 0 aliphatic rings. The van der Waals surface area contributed by atoms with Gasteiger partial charge in [0.05, 0.1) is 5.69 Å². The van der Waals surface area contributed by atoms with Crippen molar-refractivity contribution in [2.45, 2.75) is 26.2 Å². The lowest BCUT2D eigenvalue weighted by molar-refractivity contribution is 0.102. The van der Waals surface area contributed by atoms with E-state index in [2.05, 4.69) is 55.3 Å². The molecule has 1 amide bonds. The van der Waals surface area contributed by atoms with Crippen LogP contribution in [0, 0.1) is 0 Å². The Bertz CT molecular complexity index is 1180. The second kappa shape index (κ2) is 8.74. The number of anilines is 1. The van der Waals surface area contributed by atoms with Gasteiger partial charge in [0.1, 0.15) is 11.5 Å². The van der Waals surface area contributed by atoms with Crippen LogP contribution < -0.4 is 10.1 Å². The smallest absolute Gasteiger partial charge is 0.257 e. The van der Waals surface area contributed by atoms with Crippen molar-refractivity contribution in [3.8, 4) is 22.8 Å². The van der Waals surface area contributed by atoms with E-state index >= 15 is 0 Å². The van der Waals surface area contributed by atoms with Gasteiger partial charge >= 0.3 is 0 Å². The summed E-state index contributed by atoms with van der Waals surface area (Å²) < 4.78 is 5.82. The molecule has 4 nitrogen and oxygen atoms in total. The van der Waals surface area contributed by atoms with E-state index in [-0.39, 0.29) is 11.3 Å². The molecule has 4 rings (SSSR count). The van der Waals surface area contributed by atoms with Gasteiger partial charge in [0.15, 0.2) is 5.13 Å². The fourth-order valence-electron chi connectivity index (χ4n) is 3.10. The Hall–Kier alpha value is -3.44. The van der Waals surface area contributed by atoms with Crippen LogP contribution >= 0.6 is 11.3 Å². The van der Waals surface area contributed by atoms with Gasteiger partial charge in [-0.1, -0.05) is 69.3 Å². The van der Waals surface area contributed by atoms with Crippen LogP contribution in [0.2, 0.25) is 0 Å². The van der Waals surface area contributed by atoms with E-state index in [1.54, 1.807) is 18.2 Å². The van der Waals surface area contributed by atoms with Gasteiger partial charge in [-0.3, -0.25) is 10.1 Å². The Morgan fingerprint density at radius 1 is 0.903 bits per heavy atom. The van der Waals surface area contributed by atoms with Crippen molar-refractivity contribution in [2.75, 3.05) is 5.32 Å². The van der Waals surface area contributed by atoms with Crippen LogP contribution in [0.1, 0.15) is 36.7 Å². The molecule has 1 N–H and O–H groups in total. The molecule has 156 valence electrons. The number of ether oxygens (including phenoxy) is 1. The fourth-order valence-corrected chi connectivity index (χ4v) is 3.81. The number of nitrogens with one attached hydrogen (secondary N) is 1. The number of para-hydroxylation sites is 1. The van der Waals surface area contributed by atoms with Crippen LogP contribution in [-0.2, 0) is 5.41 Å². The van der Waals surface area contributed by atoms with Gasteiger partial charge in [-0.05, 0) is 41.3 Å². The van der Waals surface area contributed by atoms with Gasteiger partial charge in [0.2, 0.25) is 0 Å². The number of hydrogen-bond acceptors (Lipinski definition) is 4. The summed E-state index contributed by atoms with van der Waals surface area (Å²) in [5.74, 6) is 1.11. The number of carbonyl (C=O) groups excluding carboxylic acids is 1. The van der Waals surface area contributed by atoms with E-state index in [9.17, 15) is 4.79 Å². The topological polar surface area (TPSA) is 51.2 Å². The zero-order chi connectivity index (χ0) is 21.8. The summed E-state index contributed by atoms with van der Waals surface area (Å²) in [7, 11) is 0. The van der Waals surface area contributed by atoms with Crippen molar-refractivity contribution < 1.29 is 9.53 Å². The summed E-state index contributed by atoms with van der Waals surface area (Å²) in [6.07, 6.45) is 0. The van der Waals surface area contributed by atoms with Crippen molar-refractivity contribution in [3.63, 3.8) is 0 Å². The highest BCUT2D eigenvalue weighted by Gasteiger charge is 2.14. The Kier molecular flexibility index (Phi) is 5.87. The molecule has 0 unspecified atom stereocenters. The van der Waals surface area contributed by atoms with E-state index < -0.39 is 0 Å². The van der Waals surface area contributed by atoms with E-state index in [1.807, 2.05) is 41.8 Å². The third-order valence-corrected chi connectivity index (χ3v) is 5.60. The number of nitrogens with zero attached hydrogens (tertiary/aromatic N) is 1. The minimum atomic E-state index is -0.220. The van der Waals surface area contributed by atoms with Gasteiger partial charge < -0.3 is 4.74 Å². The standard InChI is InChI=1S/C26H24N2O2S/c1-26(2,3)20-14-12-18(13-15-20)23-17-31-25(27-23)28-24(29)19-8-7-11-22(16-19)30-21-9-5-4-6-10-21/h4-17H,1-3H3,(H,27,28,29). The lowest BCUT2D eigenvalue weighted by Gasteiger charge is -2.18. The Balaban J connectivity index is 1.45. The predicted octanol–water partition coefficient (Wildman–Crippen LogP) is 7.15. The summed E-state index contributed by atoms with van der Waals surface area (Å²) in [5, 5.41) is 5.41. The molecule has 0 aliphatic heterocycles. The zero-order valence-electron chi connectivity index (χ0n) is 17.8. The number of rotatable bonds is 5. The van der Waals surface area contributed by atoms with E-state index in [0.717, 1.165) is 17.0 Å². The third kappa shape index (κ3) is 5.19. The normalized spacial score (nSPS) is 11.2. The molecule has 1 aromatic heterocycles. The zero-order valence-corrected chi connectivity index (χ0v) is 18.6. The van der Waals surface area contributed by atoms with Gasteiger partial charge in [-0.25, -0.2) is 4.98 Å². The van der Waals surface area contributed by atoms with Crippen molar-refractivity contribution in [2.24, 2.45) is 0 Å². The Morgan fingerprint density at radius 3 is 2.32 bits per heavy atom. The quantitative estimate of drug-likeness (QED) is 0.367. The molecule has 0 atom stereocenters. The fraction of sp³-hybridized carbons (Fsp3) is 0.154. The number of benzene rings is 3. The van der Waals surface area contributed by atoms with Crippen molar-refractivity contribution in [1.29, 1.82) is 0 Å². The summed E-state index contributed by atoms with van der Waals surface area (Å²) in [6.45, 7) is 6.58. The van der Waals surface area contributed by atoms with Gasteiger partial charge in [0, 0.05) is 16.5 Å².